The summed E-state index contributed by atoms with van der Waals surface area (Å²) >= 11 is 0. The molecule has 6 rings (SSSR count). The largest absolute Gasteiger partial charge is 0.388 e. The maximum absolute atomic E-state index is 13.8. The Hall–Kier alpha value is -1.79. The fourth-order valence-electron chi connectivity index (χ4n) is 7.01. The summed E-state index contributed by atoms with van der Waals surface area (Å²) in [6.45, 7) is 2.35. The molecule has 11 nitrogen and oxygen atoms in total. The molecule has 6 aliphatic rings. The summed E-state index contributed by atoms with van der Waals surface area (Å²) in [6.07, 6.45) is 2.21. The van der Waals surface area contributed by atoms with Gasteiger partial charge in [-0.1, -0.05) is 12.8 Å². The van der Waals surface area contributed by atoms with Gasteiger partial charge in [0.2, 0.25) is 17.7 Å². The van der Waals surface area contributed by atoms with Crippen LogP contribution in [-0.2, 0) is 23.9 Å². The van der Waals surface area contributed by atoms with Gasteiger partial charge in [-0.05, 0) is 32.1 Å². The SMILES string of the molecule is O=C1C[C@@H]2O[C@H](CN(C(=O)C3CC3)C[C@@H]3CN(CCO3)C(=O)[C@@H]3C[C@@H](CN3C3CCCC3)N1)[C@@H](O)[C@H]2O. The van der Waals surface area contributed by atoms with E-state index < -0.39 is 24.4 Å². The Morgan fingerprint density at radius 3 is 2.46 bits per heavy atom. The van der Waals surface area contributed by atoms with E-state index in [4.69, 9.17) is 9.47 Å². The molecule has 6 fully saturated rings. The predicted octanol–water partition coefficient (Wildman–Crippen LogP) is -1.15. The van der Waals surface area contributed by atoms with E-state index in [0.717, 1.165) is 38.5 Å². The van der Waals surface area contributed by atoms with Gasteiger partial charge in [-0.3, -0.25) is 19.3 Å². The molecule has 206 valence electrons. The smallest absolute Gasteiger partial charge is 0.240 e. The minimum Gasteiger partial charge on any atom is -0.388 e. The van der Waals surface area contributed by atoms with Crippen molar-refractivity contribution in [3.05, 3.63) is 0 Å². The van der Waals surface area contributed by atoms with E-state index in [1.54, 1.807) is 4.90 Å². The molecule has 4 heterocycles. The highest BCUT2D eigenvalue weighted by atomic mass is 16.5. The lowest BCUT2D eigenvalue weighted by Crippen LogP contribution is -2.56. The van der Waals surface area contributed by atoms with Gasteiger partial charge >= 0.3 is 0 Å². The van der Waals surface area contributed by atoms with Gasteiger partial charge in [-0.15, -0.1) is 0 Å². The minimum atomic E-state index is -1.21. The summed E-state index contributed by atoms with van der Waals surface area (Å²) in [5.41, 5.74) is 0. The summed E-state index contributed by atoms with van der Waals surface area (Å²) in [4.78, 5) is 45.8. The minimum absolute atomic E-state index is 0.00862. The quantitative estimate of drug-likeness (QED) is 0.416. The Kier molecular flexibility index (Phi) is 7.17. The number of aliphatic hydroxyl groups is 2. The lowest BCUT2D eigenvalue weighted by molar-refractivity contribution is -0.148. The third kappa shape index (κ3) is 5.25. The van der Waals surface area contributed by atoms with E-state index in [0.29, 0.717) is 45.2 Å². The van der Waals surface area contributed by atoms with Crippen molar-refractivity contribution >= 4 is 17.7 Å². The maximum atomic E-state index is 13.8. The fraction of sp³-hybridized carbons (Fsp3) is 0.885. The van der Waals surface area contributed by atoms with Crippen molar-refractivity contribution < 1.29 is 34.1 Å². The lowest BCUT2D eigenvalue weighted by atomic mass is 10.0. The molecule has 4 aliphatic heterocycles. The lowest BCUT2D eigenvalue weighted by Gasteiger charge is -2.39. The standard InChI is InChI=1S/C26H40N4O7/c31-22-10-20-23(32)24(33)21(37-20)14-29(25(34)15-5-6-15)13-18-12-28(7-8-36-18)26(35)19-9-16(27-22)11-30(19)17-3-1-2-4-17/h15-21,23-24,32-33H,1-14H2,(H,27,31)/t16-,18-,19-,20-,21+,23-,24+/m0/s1. The first-order valence-electron chi connectivity index (χ1n) is 14.1. The molecule has 4 saturated heterocycles. The maximum Gasteiger partial charge on any atom is 0.240 e. The number of carbonyl (C=O) groups excluding carboxylic acids is 3. The Bertz CT molecular complexity index is 894. The van der Waals surface area contributed by atoms with E-state index in [9.17, 15) is 24.6 Å². The Morgan fingerprint density at radius 1 is 0.946 bits per heavy atom. The van der Waals surface area contributed by atoms with Crippen LogP contribution < -0.4 is 5.32 Å². The molecular formula is C26H40N4O7. The van der Waals surface area contributed by atoms with Crippen LogP contribution >= 0.6 is 0 Å². The van der Waals surface area contributed by atoms with Crippen LogP contribution in [0.5, 0.6) is 0 Å². The number of hydrogen-bond donors (Lipinski definition) is 3. The molecule has 3 N–H and O–H groups in total. The molecule has 6 bridgehead atoms. The molecule has 0 radical (unpaired) electrons. The summed E-state index contributed by atoms with van der Waals surface area (Å²) in [6, 6.07) is -0.0983. The van der Waals surface area contributed by atoms with Crippen LogP contribution in [0.25, 0.3) is 0 Å². The van der Waals surface area contributed by atoms with Crippen molar-refractivity contribution in [2.75, 3.05) is 39.3 Å². The van der Waals surface area contributed by atoms with E-state index in [-0.39, 0.29) is 54.8 Å². The number of amides is 3. The number of aliphatic hydroxyl groups excluding tert-OH is 2. The molecular weight excluding hydrogens is 480 g/mol. The molecule has 11 heteroatoms. The number of carbonyl (C=O) groups is 3. The summed E-state index contributed by atoms with van der Waals surface area (Å²) in [5, 5.41) is 24.5. The molecule has 0 aromatic carbocycles. The second kappa shape index (κ2) is 10.4. The van der Waals surface area contributed by atoms with Gasteiger partial charge in [0.15, 0.2) is 0 Å². The van der Waals surface area contributed by atoms with Gasteiger partial charge in [0.25, 0.3) is 0 Å². The zero-order valence-corrected chi connectivity index (χ0v) is 21.4. The van der Waals surface area contributed by atoms with Crippen molar-refractivity contribution in [1.29, 1.82) is 0 Å². The average molecular weight is 521 g/mol. The molecule has 37 heavy (non-hydrogen) atoms. The second-order valence-electron chi connectivity index (χ2n) is 11.8. The van der Waals surface area contributed by atoms with Crippen molar-refractivity contribution in [1.82, 2.24) is 20.0 Å². The number of ether oxygens (including phenoxy) is 2. The highest BCUT2D eigenvalue weighted by Gasteiger charge is 2.48. The first-order valence-corrected chi connectivity index (χ1v) is 14.1. The van der Waals surface area contributed by atoms with Gasteiger partial charge in [-0.2, -0.15) is 0 Å². The van der Waals surface area contributed by atoms with Crippen molar-refractivity contribution in [2.24, 2.45) is 5.92 Å². The Balaban J connectivity index is 1.27. The third-order valence-corrected chi connectivity index (χ3v) is 9.14. The highest BCUT2D eigenvalue weighted by molar-refractivity contribution is 5.83. The van der Waals surface area contributed by atoms with Crippen LogP contribution in [-0.4, -0.2) is 131 Å². The van der Waals surface area contributed by atoms with Crippen LogP contribution in [0, 0.1) is 5.92 Å². The zero-order chi connectivity index (χ0) is 25.7. The molecule has 2 saturated carbocycles. The number of likely N-dealkylation sites (tertiary alicyclic amines) is 1. The summed E-state index contributed by atoms with van der Waals surface area (Å²) in [5.74, 6) is -0.220. The predicted molar refractivity (Wildman–Crippen MR) is 130 cm³/mol. The molecule has 7 atom stereocenters. The summed E-state index contributed by atoms with van der Waals surface area (Å²) in [7, 11) is 0. The summed E-state index contributed by atoms with van der Waals surface area (Å²) < 4.78 is 12.0. The highest BCUT2D eigenvalue weighted by Crippen LogP contribution is 2.34. The van der Waals surface area contributed by atoms with Gasteiger partial charge in [0.05, 0.1) is 31.3 Å². The molecule has 2 aliphatic carbocycles. The van der Waals surface area contributed by atoms with E-state index in [2.05, 4.69) is 10.2 Å². The third-order valence-electron chi connectivity index (χ3n) is 9.14. The number of nitrogens with zero attached hydrogens (tertiary/aromatic N) is 3. The zero-order valence-electron chi connectivity index (χ0n) is 21.4. The van der Waals surface area contributed by atoms with Crippen LogP contribution in [0.2, 0.25) is 0 Å². The molecule has 0 unspecified atom stereocenters. The van der Waals surface area contributed by atoms with E-state index >= 15 is 0 Å². The van der Waals surface area contributed by atoms with Gasteiger partial charge in [0.1, 0.15) is 18.3 Å². The first kappa shape index (κ1) is 25.5. The molecule has 0 aromatic rings. The fourth-order valence-corrected chi connectivity index (χ4v) is 7.01. The number of morpholine rings is 1. The first-order chi connectivity index (χ1) is 17.9. The van der Waals surface area contributed by atoms with E-state index in [1.165, 1.54) is 0 Å². The molecule has 0 aromatic heterocycles. The monoisotopic (exact) mass is 520 g/mol. The Morgan fingerprint density at radius 2 is 1.70 bits per heavy atom. The molecule has 0 spiro atoms. The van der Waals surface area contributed by atoms with E-state index in [1.807, 2.05) is 4.90 Å². The number of rotatable bonds is 2. The number of hydrogen-bond acceptors (Lipinski definition) is 8. The van der Waals surface area contributed by atoms with Crippen molar-refractivity contribution in [3.8, 4) is 0 Å². The van der Waals surface area contributed by atoms with Crippen LogP contribution in [0.3, 0.4) is 0 Å². The van der Waals surface area contributed by atoms with Crippen molar-refractivity contribution in [2.45, 2.75) is 100 Å². The van der Waals surface area contributed by atoms with Gasteiger partial charge in [0, 0.05) is 50.7 Å². The van der Waals surface area contributed by atoms with Crippen LogP contribution in [0.4, 0.5) is 0 Å². The Labute approximate surface area is 217 Å². The number of nitrogens with one attached hydrogen (secondary N) is 1. The number of fused-ring (bicyclic) bond motifs is 6. The topological polar surface area (TPSA) is 132 Å². The second-order valence-corrected chi connectivity index (χ2v) is 11.8. The van der Waals surface area contributed by atoms with Crippen molar-refractivity contribution in [3.63, 3.8) is 0 Å². The van der Waals surface area contributed by atoms with Crippen LogP contribution in [0.1, 0.15) is 51.4 Å². The van der Waals surface area contributed by atoms with Gasteiger partial charge < -0.3 is 34.8 Å². The molecule has 3 amide bonds. The van der Waals surface area contributed by atoms with Crippen LogP contribution in [0.15, 0.2) is 0 Å². The van der Waals surface area contributed by atoms with Gasteiger partial charge in [-0.25, -0.2) is 0 Å². The average Bonchev–Trinajstić information content (AvgIpc) is 3.32. The normalized spacial score (nSPS) is 40.3.